The largest absolute Gasteiger partial charge is 0.197 e. The molecule has 10 heteroatoms. The van der Waals surface area contributed by atoms with Gasteiger partial charge in [-0.3, -0.25) is 0 Å². The molecule has 1 aliphatic heterocycles. The molecule has 5 nitrogen and oxygen atoms in total. The lowest BCUT2D eigenvalue weighted by Gasteiger charge is -2.12. The minimum Gasteiger partial charge on any atom is -0.197 e. The van der Waals surface area contributed by atoms with Crippen LogP contribution in [0.5, 0.6) is 0 Å². The number of thiophene rings is 4. The van der Waals surface area contributed by atoms with Crippen molar-refractivity contribution in [1.29, 1.82) is 0 Å². The highest BCUT2D eigenvalue weighted by atomic mass is 32.1. The molecule has 1 aliphatic rings. The van der Waals surface area contributed by atoms with Crippen molar-refractivity contribution in [3.05, 3.63) is 34.0 Å². The number of H-pyrrole nitrogens is 1. The van der Waals surface area contributed by atoms with E-state index >= 15 is 0 Å². The van der Waals surface area contributed by atoms with Crippen LogP contribution in [-0.4, -0.2) is 15.4 Å². The van der Waals surface area contributed by atoms with Crippen molar-refractivity contribution in [1.82, 2.24) is 15.4 Å². The molecule has 44 heavy (non-hydrogen) atoms. The van der Waals surface area contributed by atoms with Gasteiger partial charge in [0, 0.05) is 38.3 Å². The van der Waals surface area contributed by atoms with Crippen LogP contribution in [0.4, 0.5) is 11.4 Å². The van der Waals surface area contributed by atoms with Crippen molar-refractivity contribution < 1.29 is 0 Å². The molecule has 230 valence electrons. The summed E-state index contributed by atoms with van der Waals surface area (Å²) in [6, 6.07) is 9.53. The zero-order valence-corrected chi connectivity index (χ0v) is 29.9. The molecule has 6 aromatic rings. The number of aromatic amines is 1. The van der Waals surface area contributed by atoms with E-state index in [1.165, 1.54) is 114 Å². The van der Waals surface area contributed by atoms with Crippen LogP contribution in [0.1, 0.15) is 88.8 Å². The van der Waals surface area contributed by atoms with Crippen LogP contribution in [0.25, 0.3) is 50.7 Å². The quantitative estimate of drug-likeness (QED) is 0.124. The van der Waals surface area contributed by atoms with Crippen molar-refractivity contribution >= 4 is 97.9 Å². The predicted octanol–water partition coefficient (Wildman–Crippen LogP) is 13.1. The van der Waals surface area contributed by atoms with E-state index in [0.717, 1.165) is 45.4 Å². The van der Waals surface area contributed by atoms with E-state index in [9.17, 15) is 0 Å². The van der Waals surface area contributed by atoms with Crippen LogP contribution in [0.2, 0.25) is 0 Å². The molecule has 0 amide bonds. The molecule has 0 saturated heterocycles. The van der Waals surface area contributed by atoms with Crippen molar-refractivity contribution in [3.8, 4) is 20.9 Å². The molecule has 0 aliphatic carbocycles. The number of hydrogen-bond acceptors (Lipinski definition) is 8. The Kier molecular flexibility index (Phi) is 9.15. The number of hydrogen-bond donors (Lipinski definition) is 1. The third-order valence-electron chi connectivity index (χ3n) is 9.06. The molecule has 1 aromatic carbocycles. The topological polar surface area (TPSA) is 66.3 Å². The van der Waals surface area contributed by atoms with Gasteiger partial charge in [-0.25, -0.2) is 0 Å². The second-order valence-electron chi connectivity index (χ2n) is 12.1. The van der Waals surface area contributed by atoms with Gasteiger partial charge in [0.05, 0.1) is 22.5 Å². The van der Waals surface area contributed by atoms with Crippen LogP contribution < -0.4 is 0 Å². The molecular formula is C34H39N5S5. The zero-order chi connectivity index (χ0) is 30.2. The Labute approximate surface area is 279 Å². The van der Waals surface area contributed by atoms with Crippen LogP contribution in [0, 0.1) is 11.8 Å². The second-order valence-corrected chi connectivity index (χ2v) is 17.1. The molecular weight excluding hydrogens is 639 g/mol. The summed E-state index contributed by atoms with van der Waals surface area (Å²) in [6.45, 7) is 9.25. The molecule has 0 fully saturated rings. The maximum atomic E-state index is 4.85. The minimum atomic E-state index is 0.781. The van der Waals surface area contributed by atoms with Crippen LogP contribution in [0.15, 0.2) is 33.0 Å². The van der Waals surface area contributed by atoms with Crippen molar-refractivity contribution in [2.45, 2.75) is 91.9 Å². The summed E-state index contributed by atoms with van der Waals surface area (Å²) in [5.74, 6) is 1.56. The van der Waals surface area contributed by atoms with Gasteiger partial charge in [-0.15, -0.1) is 45.3 Å². The molecule has 0 bridgehead atoms. The summed E-state index contributed by atoms with van der Waals surface area (Å²) in [4.78, 5) is 5.42. The van der Waals surface area contributed by atoms with Gasteiger partial charge in [0.15, 0.2) is 0 Å². The van der Waals surface area contributed by atoms with Crippen LogP contribution >= 0.6 is 45.3 Å². The van der Waals surface area contributed by atoms with Crippen molar-refractivity contribution in [2.24, 2.45) is 20.6 Å². The van der Waals surface area contributed by atoms with Gasteiger partial charge in [0.2, 0.25) is 0 Å². The molecule has 6 heterocycles. The predicted molar refractivity (Wildman–Crippen MR) is 197 cm³/mol. The number of rotatable bonds is 14. The van der Waals surface area contributed by atoms with Gasteiger partial charge >= 0.3 is 0 Å². The fourth-order valence-corrected chi connectivity index (χ4v) is 12.2. The molecule has 0 spiro atoms. The van der Waals surface area contributed by atoms with Gasteiger partial charge in [-0.2, -0.15) is 24.1 Å². The van der Waals surface area contributed by atoms with E-state index in [1.54, 1.807) is 0 Å². The Morgan fingerprint density at radius 3 is 1.48 bits per heavy atom. The van der Waals surface area contributed by atoms with E-state index in [1.807, 2.05) is 45.3 Å². The summed E-state index contributed by atoms with van der Waals surface area (Å²) < 4.78 is 15.1. The molecule has 2 unspecified atom stereocenters. The van der Waals surface area contributed by atoms with E-state index in [0.29, 0.717) is 0 Å². The zero-order valence-electron chi connectivity index (χ0n) is 25.9. The third-order valence-corrected chi connectivity index (χ3v) is 14.3. The van der Waals surface area contributed by atoms with Crippen molar-refractivity contribution in [2.75, 3.05) is 0 Å². The van der Waals surface area contributed by atoms with Gasteiger partial charge in [-0.05, 0) is 48.9 Å². The maximum absolute atomic E-state index is 4.85. The summed E-state index contributed by atoms with van der Waals surface area (Å²) in [6.07, 6.45) is 12.8. The highest BCUT2D eigenvalue weighted by Crippen LogP contribution is 2.55. The number of nitrogens with one attached hydrogen (secondary N) is 1. The first kappa shape index (κ1) is 30.4. The number of fused-ring (bicyclic) bond motifs is 4. The average molecular weight is 678 g/mol. The summed E-state index contributed by atoms with van der Waals surface area (Å²) >= 11 is 8.89. The molecule has 7 rings (SSSR count). The lowest BCUT2D eigenvalue weighted by atomic mass is 9.95. The van der Waals surface area contributed by atoms with E-state index in [4.69, 9.17) is 18.9 Å². The highest BCUT2D eigenvalue weighted by Gasteiger charge is 2.28. The fraction of sp³-hybridized carbons (Fsp3) is 0.471. The molecule has 2 atom stereocenters. The summed E-state index contributed by atoms with van der Waals surface area (Å²) in [5, 5.41) is 12.4. The monoisotopic (exact) mass is 677 g/mol. The summed E-state index contributed by atoms with van der Waals surface area (Å²) in [7, 11) is 0. The second kappa shape index (κ2) is 13.2. The van der Waals surface area contributed by atoms with Gasteiger partial charge in [-0.1, -0.05) is 79.1 Å². The Morgan fingerprint density at radius 1 is 0.614 bits per heavy atom. The van der Waals surface area contributed by atoms with E-state index in [2.05, 4.69) is 57.2 Å². The van der Waals surface area contributed by atoms with Crippen molar-refractivity contribution in [3.63, 3.8) is 0 Å². The number of unbranched alkanes of at least 4 members (excludes halogenated alkanes) is 2. The fourth-order valence-electron chi connectivity index (χ4n) is 6.46. The van der Waals surface area contributed by atoms with E-state index < -0.39 is 0 Å². The Hall–Kier alpha value is -2.24. The van der Waals surface area contributed by atoms with E-state index in [-0.39, 0.29) is 0 Å². The Bertz CT molecular complexity index is 1800. The summed E-state index contributed by atoms with van der Waals surface area (Å²) in [5.41, 5.74) is 5.77. The average Bonchev–Trinajstić information content (AvgIpc) is 3.85. The first-order valence-electron chi connectivity index (χ1n) is 16.1. The van der Waals surface area contributed by atoms with Gasteiger partial charge < -0.3 is 0 Å². The Balaban J connectivity index is 1.22. The lowest BCUT2D eigenvalue weighted by molar-refractivity contribution is 0.452. The van der Waals surface area contributed by atoms with Gasteiger partial charge in [0.1, 0.15) is 22.4 Å². The first-order chi connectivity index (χ1) is 21.6. The normalized spacial score (nSPS) is 14.3. The smallest absolute Gasteiger partial charge is 0.124 e. The van der Waals surface area contributed by atoms with Gasteiger partial charge in [0.25, 0.3) is 0 Å². The first-order valence-corrected chi connectivity index (χ1v) is 20.1. The molecule has 1 N–H and O–H groups in total. The molecule has 0 saturated carbocycles. The third kappa shape index (κ3) is 5.77. The van der Waals surface area contributed by atoms with Crippen LogP contribution in [0.3, 0.4) is 0 Å². The molecule has 5 aromatic heterocycles. The standard InChI is InChI=1S/C34H39N5S5/c1-5-9-11-19(7-3)13-21-15-23-25(40-21)17-27(42-23)29-31-32(36-39-35-31)30(34-33(29)37-44-38-34)28-18-26-24(43-28)16-22(41-26)14-20(8-4)12-10-6-2/h15-20H,5-14H2,1-4H3,(H,35,36,39). The van der Waals surface area contributed by atoms with Crippen LogP contribution in [-0.2, 0) is 24.2 Å². The maximum Gasteiger partial charge on any atom is 0.124 e. The highest BCUT2D eigenvalue weighted by molar-refractivity contribution is 7.58. The lowest BCUT2D eigenvalue weighted by Crippen LogP contribution is -2.01. The number of aromatic nitrogens is 3. The Morgan fingerprint density at radius 2 is 1.07 bits per heavy atom. The molecule has 0 radical (unpaired) electrons. The number of nitrogens with zero attached hydrogens (tertiary/aromatic N) is 4. The number of benzene rings is 1. The SMILES string of the molecule is CCCCC(CC)Cc1cc2sc(-c3c4c(c(-c5cc6sc(CC(CC)CCCC)cc6s5)c5n[nH]nc35)N=S=N4)cc2s1. The minimum absolute atomic E-state index is 0.781.